The molecule has 3 heterocycles. The average molecular weight is 353 g/mol. The number of carbonyl (C=O) groups is 1. The third kappa shape index (κ3) is 4.03. The van der Waals surface area contributed by atoms with Crippen molar-refractivity contribution in [3.05, 3.63) is 47.5 Å². The van der Waals surface area contributed by atoms with Crippen LogP contribution in [0.15, 0.2) is 30.7 Å². The number of ether oxygens (including phenoxy) is 1. The van der Waals surface area contributed by atoms with Crippen molar-refractivity contribution < 1.29 is 26.0 Å². The van der Waals surface area contributed by atoms with Gasteiger partial charge in [-0.2, -0.15) is 8.42 Å². The number of hydrogen-bond donors (Lipinski definition) is 1. The summed E-state index contributed by atoms with van der Waals surface area (Å²) in [5, 5.41) is 2.51. The number of hydrogen-bond acceptors (Lipinski definition) is 7. The first kappa shape index (κ1) is 16.3. The number of carbonyl (C=O) groups excluding carboxylic acids is 1. The normalized spacial score (nSPS) is 13.9. The van der Waals surface area contributed by atoms with Gasteiger partial charge in [-0.25, -0.2) is 0 Å². The van der Waals surface area contributed by atoms with Gasteiger partial charge in [-0.3, -0.25) is 14.8 Å². The van der Waals surface area contributed by atoms with E-state index in [0.29, 0.717) is 25.2 Å². The van der Waals surface area contributed by atoms with Gasteiger partial charge in [-0.1, -0.05) is 3.89 Å². The highest BCUT2D eigenvalue weighted by Crippen LogP contribution is 2.20. The number of amides is 1. The summed E-state index contributed by atoms with van der Waals surface area (Å²) in [6.45, 7) is 0.990. The van der Waals surface area contributed by atoms with E-state index in [4.69, 9.17) is 4.74 Å². The van der Waals surface area contributed by atoms with Crippen molar-refractivity contribution in [1.29, 1.82) is 0 Å². The van der Waals surface area contributed by atoms with Gasteiger partial charge in [-0.05, 0) is 6.07 Å². The van der Waals surface area contributed by atoms with Gasteiger partial charge in [0.15, 0.2) is 5.75 Å². The molecule has 1 aliphatic rings. The molecule has 10 heteroatoms. The van der Waals surface area contributed by atoms with Crippen LogP contribution in [-0.4, -0.2) is 30.9 Å². The fourth-order valence-corrected chi connectivity index (χ4v) is 2.54. The number of pyridine rings is 2. The Balaban J connectivity index is 1.76. The van der Waals surface area contributed by atoms with Crippen LogP contribution in [0.25, 0.3) is 0 Å². The van der Waals surface area contributed by atoms with Crippen LogP contribution in [-0.2, 0) is 28.3 Å². The van der Waals surface area contributed by atoms with Crippen molar-refractivity contribution in [3.8, 4) is 5.75 Å². The predicted octanol–water partition coefficient (Wildman–Crippen LogP) is 1.39. The highest BCUT2D eigenvalue weighted by atomic mass is 32.3. The van der Waals surface area contributed by atoms with Gasteiger partial charge in [0, 0.05) is 29.9 Å². The zero-order valence-corrected chi connectivity index (χ0v) is 13.0. The van der Waals surface area contributed by atoms with Gasteiger partial charge >= 0.3 is 10.5 Å². The van der Waals surface area contributed by atoms with Crippen LogP contribution >= 0.6 is 0 Å². The summed E-state index contributed by atoms with van der Waals surface area (Å²) in [6.07, 6.45) is 4.41. The maximum atomic E-state index is 12.5. The minimum atomic E-state index is -5.16. The number of fused-ring (bicyclic) bond motifs is 1. The van der Waals surface area contributed by atoms with E-state index >= 15 is 0 Å². The van der Waals surface area contributed by atoms with E-state index in [1.165, 1.54) is 12.4 Å². The van der Waals surface area contributed by atoms with E-state index < -0.39 is 16.4 Å². The first-order valence-corrected chi connectivity index (χ1v) is 8.17. The molecule has 0 saturated heterocycles. The van der Waals surface area contributed by atoms with Crippen molar-refractivity contribution in [2.75, 3.05) is 11.9 Å². The summed E-state index contributed by atoms with van der Waals surface area (Å²) < 4.78 is 42.8. The van der Waals surface area contributed by atoms with Crippen LogP contribution in [0.2, 0.25) is 0 Å². The Hall–Kier alpha value is -2.59. The van der Waals surface area contributed by atoms with E-state index in [1.54, 1.807) is 6.07 Å². The Kier molecular flexibility index (Phi) is 4.40. The van der Waals surface area contributed by atoms with E-state index in [9.17, 15) is 17.1 Å². The molecule has 24 heavy (non-hydrogen) atoms. The third-order valence-corrected chi connectivity index (χ3v) is 3.62. The Morgan fingerprint density at radius 3 is 2.92 bits per heavy atom. The molecule has 3 rings (SSSR count). The van der Waals surface area contributed by atoms with Gasteiger partial charge in [0.1, 0.15) is 0 Å². The molecular weight excluding hydrogens is 341 g/mol. The van der Waals surface area contributed by atoms with Gasteiger partial charge in [0.2, 0.25) is 0 Å². The van der Waals surface area contributed by atoms with Crippen LogP contribution in [0, 0.1) is 0 Å². The number of rotatable bonds is 4. The quantitative estimate of drug-likeness (QED) is 0.828. The molecule has 0 fully saturated rings. The van der Waals surface area contributed by atoms with Crippen molar-refractivity contribution in [2.45, 2.75) is 13.0 Å². The number of nitrogens with one attached hydrogen (secondary N) is 1. The van der Waals surface area contributed by atoms with Crippen molar-refractivity contribution in [3.63, 3.8) is 0 Å². The number of anilines is 1. The van der Waals surface area contributed by atoms with Gasteiger partial charge < -0.3 is 14.2 Å². The molecule has 0 spiro atoms. The minimum Gasteiger partial charge on any atom is -0.376 e. The standard InChI is InChI=1S/C14H12FN3O5S/c15-24(20,21)23-12-4-11(6-16-7-12)18-14(19)9-3-10-8-22-2-1-13(10)17-5-9/h3-7H,1-2,8H2,(H,18,19). The molecule has 8 nitrogen and oxygen atoms in total. The molecule has 2 aromatic rings. The lowest BCUT2D eigenvalue weighted by Crippen LogP contribution is -2.17. The summed E-state index contributed by atoms with van der Waals surface area (Å²) in [5.74, 6) is -0.829. The lowest BCUT2D eigenvalue weighted by Gasteiger charge is -2.16. The second-order valence-corrected chi connectivity index (χ2v) is 5.93. The molecule has 0 aliphatic carbocycles. The molecule has 0 saturated carbocycles. The Labute approximate surface area is 137 Å². The average Bonchev–Trinajstić information content (AvgIpc) is 2.53. The molecule has 0 unspecified atom stereocenters. The highest BCUT2D eigenvalue weighted by Gasteiger charge is 2.15. The molecule has 2 aromatic heterocycles. The molecule has 0 aromatic carbocycles. The lowest BCUT2D eigenvalue weighted by atomic mass is 10.1. The number of nitrogens with zero attached hydrogens (tertiary/aromatic N) is 2. The lowest BCUT2D eigenvalue weighted by molar-refractivity contribution is 0.102. The van der Waals surface area contributed by atoms with Crippen molar-refractivity contribution in [1.82, 2.24) is 9.97 Å². The molecule has 0 atom stereocenters. The van der Waals surface area contributed by atoms with Gasteiger partial charge in [0.05, 0.1) is 36.9 Å². The summed E-state index contributed by atoms with van der Waals surface area (Å²) >= 11 is 0. The monoisotopic (exact) mass is 353 g/mol. The zero-order chi connectivity index (χ0) is 17.2. The van der Waals surface area contributed by atoms with Gasteiger partial charge in [-0.15, -0.1) is 0 Å². The molecule has 126 valence electrons. The third-order valence-electron chi connectivity index (χ3n) is 3.23. The van der Waals surface area contributed by atoms with Crippen LogP contribution in [0.3, 0.4) is 0 Å². The summed E-state index contributed by atoms with van der Waals surface area (Å²) in [5.41, 5.74) is 2.19. The maximum absolute atomic E-state index is 12.5. The molecule has 0 radical (unpaired) electrons. The second kappa shape index (κ2) is 6.49. The molecule has 1 N–H and O–H groups in total. The Bertz CT molecular complexity index is 888. The fourth-order valence-electron chi connectivity index (χ4n) is 2.21. The first-order chi connectivity index (χ1) is 11.4. The van der Waals surface area contributed by atoms with E-state index in [1.807, 2.05) is 0 Å². The van der Waals surface area contributed by atoms with Crippen LogP contribution in [0.4, 0.5) is 9.57 Å². The Morgan fingerprint density at radius 2 is 2.12 bits per heavy atom. The van der Waals surface area contributed by atoms with E-state index in [2.05, 4.69) is 19.5 Å². The summed E-state index contributed by atoms with van der Waals surface area (Å²) in [7, 11) is -5.16. The first-order valence-electron chi connectivity index (χ1n) is 6.87. The molecule has 0 bridgehead atoms. The second-order valence-electron chi connectivity index (χ2n) is 4.97. The SMILES string of the molecule is O=C(Nc1cncc(OS(=O)(=O)F)c1)c1cnc2c(c1)COCC2. The largest absolute Gasteiger partial charge is 0.488 e. The predicted molar refractivity (Wildman–Crippen MR) is 80.4 cm³/mol. The minimum absolute atomic E-state index is 0.148. The van der Waals surface area contributed by atoms with E-state index in [0.717, 1.165) is 23.5 Å². The smallest absolute Gasteiger partial charge is 0.376 e. The fraction of sp³-hybridized carbons (Fsp3) is 0.214. The Morgan fingerprint density at radius 1 is 1.29 bits per heavy atom. The molecular formula is C14H12FN3O5S. The van der Waals surface area contributed by atoms with Crippen LogP contribution < -0.4 is 9.50 Å². The molecule has 1 amide bonds. The highest BCUT2D eigenvalue weighted by molar-refractivity contribution is 7.81. The topological polar surface area (TPSA) is 107 Å². The number of aromatic nitrogens is 2. The van der Waals surface area contributed by atoms with Crippen LogP contribution in [0.5, 0.6) is 5.75 Å². The van der Waals surface area contributed by atoms with Crippen LogP contribution in [0.1, 0.15) is 21.6 Å². The molecule has 1 aliphatic heterocycles. The zero-order valence-electron chi connectivity index (χ0n) is 12.2. The number of halogens is 1. The van der Waals surface area contributed by atoms with Crippen molar-refractivity contribution >= 4 is 22.1 Å². The summed E-state index contributed by atoms with van der Waals surface area (Å²) in [6, 6.07) is 2.81. The summed E-state index contributed by atoms with van der Waals surface area (Å²) in [4.78, 5) is 20.2. The van der Waals surface area contributed by atoms with E-state index in [-0.39, 0.29) is 11.4 Å². The maximum Gasteiger partial charge on any atom is 0.488 e. The van der Waals surface area contributed by atoms with Gasteiger partial charge in [0.25, 0.3) is 5.91 Å². The van der Waals surface area contributed by atoms with Crippen molar-refractivity contribution in [2.24, 2.45) is 0 Å².